The lowest BCUT2D eigenvalue weighted by Crippen LogP contribution is -2.00. The van der Waals surface area contributed by atoms with Crippen LogP contribution in [0.25, 0.3) is 0 Å². The number of rotatable bonds is 12. The first-order chi connectivity index (χ1) is 12.2. The highest BCUT2D eigenvalue weighted by Crippen LogP contribution is 2.11. The summed E-state index contributed by atoms with van der Waals surface area (Å²) in [5.41, 5.74) is 1.14. The lowest BCUT2D eigenvalue weighted by Gasteiger charge is -2.05. The molecule has 1 aromatic heterocycles. The third-order valence-electron chi connectivity index (χ3n) is 4.55. The highest BCUT2D eigenvalue weighted by Gasteiger charge is 2.03. The molecule has 0 aliphatic carbocycles. The predicted molar refractivity (Wildman–Crippen MR) is 142 cm³/mol. The largest absolute Gasteiger partial charge is 0.252 e. The molecule has 3 nitrogen and oxygen atoms in total. The van der Waals surface area contributed by atoms with Crippen LogP contribution in [0.5, 0.6) is 0 Å². The summed E-state index contributed by atoms with van der Waals surface area (Å²) >= 11 is 0. The number of hydrogen-bond acceptors (Lipinski definition) is 2. The molecule has 0 fully saturated rings. The van der Waals surface area contributed by atoms with Crippen LogP contribution in [0, 0.1) is 23.7 Å². The normalized spacial score (nSPS) is 10.0. The van der Waals surface area contributed by atoms with Crippen molar-refractivity contribution in [3.63, 3.8) is 0 Å². The Morgan fingerprint density at radius 1 is 0.633 bits per heavy atom. The van der Waals surface area contributed by atoms with E-state index in [1.165, 1.54) is 44.9 Å². The van der Waals surface area contributed by atoms with Crippen LogP contribution in [0.15, 0.2) is 6.20 Å². The molecule has 0 saturated carbocycles. The van der Waals surface area contributed by atoms with E-state index >= 15 is 0 Å². The monoisotopic (exact) mass is 430 g/mol. The first kappa shape index (κ1) is 39.6. The Hall–Kier alpha value is -0.860. The lowest BCUT2D eigenvalue weighted by atomic mass is 10.0. The molecule has 0 aliphatic heterocycles. The number of aromatic nitrogens is 3. The fourth-order valence-electron chi connectivity index (χ4n) is 2.77. The van der Waals surface area contributed by atoms with Gasteiger partial charge in [-0.15, -0.1) is 5.10 Å². The topological polar surface area (TPSA) is 30.7 Å². The standard InChI is InChI=1S/C13H25N3.C10H22.4CH4/c1-11(2)6-5-9-16-10-13(14-15-16)8-7-12(3)4;1-9(2)7-5-6-8-10(3)4;;;;/h10-12H,5-9H2,1-4H3;9-10H,5-8H2,1-4H3;4*1H4. The Bertz CT molecular complexity index is 409. The minimum absolute atomic E-state index is 0. The third kappa shape index (κ3) is 27.1. The smallest absolute Gasteiger partial charge is 0.0827 e. The molecule has 0 saturated heterocycles. The van der Waals surface area contributed by atoms with Gasteiger partial charge >= 0.3 is 0 Å². The molecule has 0 spiro atoms. The summed E-state index contributed by atoms with van der Waals surface area (Å²) in [7, 11) is 0. The highest BCUT2D eigenvalue weighted by molar-refractivity contribution is 4.92. The lowest BCUT2D eigenvalue weighted by molar-refractivity contribution is 0.482. The van der Waals surface area contributed by atoms with E-state index in [9.17, 15) is 0 Å². The van der Waals surface area contributed by atoms with E-state index in [1.54, 1.807) is 0 Å². The second-order valence-electron chi connectivity index (χ2n) is 9.51. The van der Waals surface area contributed by atoms with Crippen LogP contribution in [0.4, 0.5) is 0 Å². The van der Waals surface area contributed by atoms with Gasteiger partial charge in [0.15, 0.2) is 0 Å². The molecule has 1 rings (SSSR count). The number of aryl methyl sites for hydroxylation is 2. The maximum atomic E-state index is 4.20. The van der Waals surface area contributed by atoms with E-state index in [2.05, 4.69) is 71.9 Å². The Balaban J connectivity index is -0.000000133. The zero-order valence-corrected chi connectivity index (χ0v) is 19.1. The average molecular weight is 430 g/mol. The molecule has 30 heavy (non-hydrogen) atoms. The number of unbranched alkanes of at least 4 members (excludes halogenated alkanes) is 1. The van der Waals surface area contributed by atoms with Crippen molar-refractivity contribution in [2.75, 3.05) is 0 Å². The third-order valence-corrected chi connectivity index (χ3v) is 4.55. The molecule has 186 valence electrons. The van der Waals surface area contributed by atoms with Crippen molar-refractivity contribution < 1.29 is 0 Å². The van der Waals surface area contributed by atoms with Crippen molar-refractivity contribution in [2.45, 2.75) is 143 Å². The van der Waals surface area contributed by atoms with E-state index < -0.39 is 0 Å². The van der Waals surface area contributed by atoms with E-state index in [0.717, 1.165) is 42.3 Å². The van der Waals surface area contributed by atoms with Gasteiger partial charge in [0.05, 0.1) is 5.69 Å². The molecule has 0 radical (unpaired) electrons. The number of hydrogen-bond donors (Lipinski definition) is 0. The van der Waals surface area contributed by atoms with Crippen LogP contribution in [0.1, 0.15) is 136 Å². The van der Waals surface area contributed by atoms with Gasteiger partial charge in [-0.25, -0.2) is 0 Å². The van der Waals surface area contributed by atoms with Gasteiger partial charge in [0.2, 0.25) is 0 Å². The fraction of sp³-hybridized carbons (Fsp3) is 0.926. The Morgan fingerprint density at radius 2 is 1.03 bits per heavy atom. The molecule has 0 aromatic carbocycles. The van der Waals surface area contributed by atoms with E-state index in [1.807, 2.05) is 4.68 Å². The minimum Gasteiger partial charge on any atom is -0.252 e. The first-order valence-electron chi connectivity index (χ1n) is 11.1. The molecule has 0 amide bonds. The predicted octanol–water partition coefficient (Wildman–Crippen LogP) is 9.71. The first-order valence-corrected chi connectivity index (χ1v) is 11.1. The molecular weight excluding hydrogens is 366 g/mol. The van der Waals surface area contributed by atoms with Crippen LogP contribution < -0.4 is 0 Å². The van der Waals surface area contributed by atoms with Crippen LogP contribution in [-0.4, -0.2) is 15.0 Å². The summed E-state index contributed by atoms with van der Waals surface area (Å²) < 4.78 is 1.98. The van der Waals surface area contributed by atoms with Gasteiger partial charge in [0.25, 0.3) is 0 Å². The van der Waals surface area contributed by atoms with Crippen LogP contribution in [-0.2, 0) is 13.0 Å². The molecular formula is C27H63N3. The van der Waals surface area contributed by atoms with Crippen LogP contribution >= 0.6 is 0 Å². The minimum atomic E-state index is 0. The van der Waals surface area contributed by atoms with Crippen molar-refractivity contribution in [3.8, 4) is 0 Å². The van der Waals surface area contributed by atoms with E-state index in [-0.39, 0.29) is 29.7 Å². The molecule has 0 N–H and O–H groups in total. The van der Waals surface area contributed by atoms with Gasteiger partial charge in [0.1, 0.15) is 0 Å². The second-order valence-corrected chi connectivity index (χ2v) is 9.51. The van der Waals surface area contributed by atoms with Crippen molar-refractivity contribution in [3.05, 3.63) is 11.9 Å². The van der Waals surface area contributed by atoms with Crippen molar-refractivity contribution in [1.29, 1.82) is 0 Å². The van der Waals surface area contributed by atoms with Gasteiger partial charge in [0, 0.05) is 12.7 Å². The van der Waals surface area contributed by atoms with E-state index in [4.69, 9.17) is 0 Å². The Kier molecular flexibility index (Phi) is 32.2. The van der Waals surface area contributed by atoms with Gasteiger partial charge in [-0.2, -0.15) is 0 Å². The molecule has 1 heterocycles. The summed E-state index contributed by atoms with van der Waals surface area (Å²) in [4.78, 5) is 0. The zero-order chi connectivity index (χ0) is 19.9. The van der Waals surface area contributed by atoms with Crippen molar-refractivity contribution in [2.24, 2.45) is 23.7 Å². The van der Waals surface area contributed by atoms with Crippen molar-refractivity contribution >= 4 is 0 Å². The summed E-state index contributed by atoms with van der Waals surface area (Å²) in [6, 6.07) is 0. The Labute approximate surface area is 193 Å². The summed E-state index contributed by atoms with van der Waals surface area (Å²) in [5.74, 6) is 3.31. The zero-order valence-electron chi connectivity index (χ0n) is 19.1. The molecule has 3 heteroatoms. The molecule has 0 atom stereocenters. The van der Waals surface area contributed by atoms with Gasteiger partial charge in [-0.1, -0.05) is 116 Å². The molecule has 0 bridgehead atoms. The maximum Gasteiger partial charge on any atom is 0.0827 e. The molecule has 0 aliphatic rings. The summed E-state index contributed by atoms with van der Waals surface area (Å²) in [5, 5.41) is 8.36. The van der Waals surface area contributed by atoms with Crippen LogP contribution in [0.3, 0.4) is 0 Å². The second kappa shape index (κ2) is 24.4. The van der Waals surface area contributed by atoms with Gasteiger partial charge in [-0.05, 0) is 49.4 Å². The van der Waals surface area contributed by atoms with Gasteiger partial charge in [-0.3, -0.25) is 4.68 Å². The molecule has 0 unspecified atom stereocenters. The highest BCUT2D eigenvalue weighted by atomic mass is 15.4. The Morgan fingerprint density at radius 3 is 1.43 bits per heavy atom. The van der Waals surface area contributed by atoms with Crippen LogP contribution in [0.2, 0.25) is 0 Å². The summed E-state index contributed by atoms with van der Waals surface area (Å²) in [6.07, 6.45) is 12.5. The average Bonchev–Trinajstić information content (AvgIpc) is 2.97. The SMILES string of the molecule is C.C.C.C.CC(C)CCCCC(C)C.CC(C)CCCn1cc(CCC(C)C)nn1. The van der Waals surface area contributed by atoms with Crippen molar-refractivity contribution in [1.82, 2.24) is 15.0 Å². The molecule has 1 aromatic rings. The quantitative estimate of drug-likeness (QED) is 0.309. The fourth-order valence-corrected chi connectivity index (χ4v) is 2.77. The maximum absolute atomic E-state index is 4.20. The van der Waals surface area contributed by atoms with E-state index in [0.29, 0.717) is 0 Å². The number of nitrogens with zero attached hydrogens (tertiary/aromatic N) is 3. The van der Waals surface area contributed by atoms with Gasteiger partial charge < -0.3 is 0 Å². The summed E-state index contributed by atoms with van der Waals surface area (Å²) in [6.45, 7) is 19.2.